The summed E-state index contributed by atoms with van der Waals surface area (Å²) >= 11 is 0. The van der Waals surface area contributed by atoms with E-state index in [1.54, 1.807) is 19.2 Å². The monoisotopic (exact) mass is 183 g/mol. The molecule has 0 aromatic carbocycles. The van der Waals surface area contributed by atoms with E-state index in [-0.39, 0.29) is 12.2 Å². The fourth-order valence-electron chi connectivity index (χ4n) is 1.14. The van der Waals surface area contributed by atoms with Gasteiger partial charge in [-0.3, -0.25) is 4.79 Å². The molecule has 1 rings (SSSR count). The Hall–Kier alpha value is -1.13. The minimum absolute atomic E-state index is 0.108. The Labute approximate surface area is 76.4 Å². The molecule has 0 atom stereocenters. The van der Waals surface area contributed by atoms with Crippen molar-refractivity contribution in [1.82, 2.24) is 4.57 Å². The highest BCUT2D eigenvalue weighted by atomic mass is 16.5. The fraction of sp³-hybridized carbons (Fsp3) is 0.444. The summed E-state index contributed by atoms with van der Waals surface area (Å²) in [6.45, 7) is 0.822. The van der Waals surface area contributed by atoms with Gasteiger partial charge in [0.25, 0.3) is 5.56 Å². The van der Waals surface area contributed by atoms with E-state index < -0.39 is 0 Å². The van der Waals surface area contributed by atoms with Gasteiger partial charge in [-0.2, -0.15) is 0 Å². The first-order valence-corrected chi connectivity index (χ1v) is 4.08. The van der Waals surface area contributed by atoms with E-state index in [2.05, 4.69) is 0 Å². The van der Waals surface area contributed by atoms with Gasteiger partial charge in [-0.15, -0.1) is 0 Å². The van der Waals surface area contributed by atoms with Gasteiger partial charge in [-0.1, -0.05) is 6.07 Å². The standard InChI is InChI=1S/C9H13NO3/c1-13-6-5-10-8(7-11)3-2-4-9(10)12/h2-4,11H,5-7H2,1H3. The summed E-state index contributed by atoms with van der Waals surface area (Å²) in [4.78, 5) is 11.3. The number of aromatic nitrogens is 1. The number of pyridine rings is 1. The van der Waals surface area contributed by atoms with E-state index in [9.17, 15) is 4.79 Å². The number of methoxy groups -OCH3 is 1. The number of rotatable bonds is 4. The minimum atomic E-state index is -0.125. The molecule has 1 heterocycles. The lowest BCUT2D eigenvalue weighted by Gasteiger charge is -2.09. The molecular formula is C9H13NO3. The topological polar surface area (TPSA) is 51.5 Å². The van der Waals surface area contributed by atoms with E-state index in [0.29, 0.717) is 18.8 Å². The van der Waals surface area contributed by atoms with Crippen molar-refractivity contribution in [2.45, 2.75) is 13.2 Å². The van der Waals surface area contributed by atoms with Crippen LogP contribution in [0.3, 0.4) is 0 Å². The van der Waals surface area contributed by atoms with Gasteiger partial charge in [0, 0.05) is 25.4 Å². The van der Waals surface area contributed by atoms with Crippen LogP contribution in [-0.2, 0) is 17.9 Å². The molecule has 0 saturated carbocycles. The van der Waals surface area contributed by atoms with Crippen LogP contribution >= 0.6 is 0 Å². The largest absolute Gasteiger partial charge is 0.390 e. The Balaban J connectivity index is 2.94. The molecule has 0 amide bonds. The van der Waals surface area contributed by atoms with Crippen LogP contribution in [0.1, 0.15) is 5.69 Å². The predicted octanol–water partition coefficient (Wildman–Crippen LogP) is -0.0130. The van der Waals surface area contributed by atoms with E-state index in [4.69, 9.17) is 9.84 Å². The van der Waals surface area contributed by atoms with E-state index in [1.165, 1.54) is 10.6 Å². The zero-order valence-electron chi connectivity index (χ0n) is 7.56. The SMILES string of the molecule is COCCn1c(CO)cccc1=O. The van der Waals surface area contributed by atoms with Crippen molar-refractivity contribution < 1.29 is 9.84 Å². The molecule has 0 radical (unpaired) electrons. The molecule has 72 valence electrons. The Morgan fingerprint density at radius 3 is 2.92 bits per heavy atom. The van der Waals surface area contributed by atoms with Gasteiger partial charge in [0.2, 0.25) is 0 Å². The number of aliphatic hydroxyl groups excluding tert-OH is 1. The maximum Gasteiger partial charge on any atom is 0.250 e. The summed E-state index contributed by atoms with van der Waals surface area (Å²) < 4.78 is 6.36. The average molecular weight is 183 g/mol. The number of hydrogen-bond donors (Lipinski definition) is 1. The van der Waals surface area contributed by atoms with Crippen LogP contribution in [0.5, 0.6) is 0 Å². The molecule has 0 bridgehead atoms. The number of nitrogens with zero attached hydrogens (tertiary/aromatic N) is 1. The van der Waals surface area contributed by atoms with Crippen molar-refractivity contribution in [3.8, 4) is 0 Å². The van der Waals surface area contributed by atoms with Gasteiger partial charge in [0.05, 0.1) is 13.2 Å². The van der Waals surface area contributed by atoms with Crippen molar-refractivity contribution in [3.63, 3.8) is 0 Å². The third kappa shape index (κ3) is 2.40. The van der Waals surface area contributed by atoms with E-state index in [0.717, 1.165) is 0 Å². The lowest BCUT2D eigenvalue weighted by molar-refractivity contribution is 0.181. The molecule has 0 aliphatic rings. The Bertz CT molecular complexity index is 319. The summed E-state index contributed by atoms with van der Waals surface area (Å²) in [5.41, 5.74) is 0.508. The molecule has 0 aliphatic heterocycles. The molecule has 1 aromatic heterocycles. The van der Waals surface area contributed by atoms with Crippen molar-refractivity contribution in [2.24, 2.45) is 0 Å². The second-order valence-electron chi connectivity index (χ2n) is 2.66. The zero-order valence-corrected chi connectivity index (χ0v) is 7.56. The van der Waals surface area contributed by atoms with Crippen LogP contribution in [0.15, 0.2) is 23.0 Å². The van der Waals surface area contributed by atoms with Gasteiger partial charge < -0.3 is 14.4 Å². The molecule has 13 heavy (non-hydrogen) atoms. The summed E-state index contributed by atoms with van der Waals surface area (Å²) in [5.74, 6) is 0. The maximum atomic E-state index is 11.3. The molecule has 4 heteroatoms. The lowest BCUT2D eigenvalue weighted by Crippen LogP contribution is -2.24. The van der Waals surface area contributed by atoms with E-state index in [1.807, 2.05) is 0 Å². The number of ether oxygens (including phenoxy) is 1. The highest BCUT2D eigenvalue weighted by Crippen LogP contribution is 1.95. The first-order valence-electron chi connectivity index (χ1n) is 4.08. The highest BCUT2D eigenvalue weighted by molar-refractivity contribution is 5.05. The summed E-state index contributed by atoms with van der Waals surface area (Å²) in [6.07, 6.45) is 0. The van der Waals surface area contributed by atoms with Crippen LogP contribution in [-0.4, -0.2) is 23.4 Å². The van der Waals surface area contributed by atoms with Crippen LogP contribution in [0.4, 0.5) is 0 Å². The quantitative estimate of drug-likeness (QED) is 0.714. The van der Waals surface area contributed by atoms with Gasteiger partial charge >= 0.3 is 0 Å². The average Bonchev–Trinajstić information content (AvgIpc) is 2.15. The first-order chi connectivity index (χ1) is 6.29. The third-order valence-electron chi connectivity index (χ3n) is 1.82. The van der Waals surface area contributed by atoms with Crippen LogP contribution < -0.4 is 5.56 Å². The predicted molar refractivity (Wildman–Crippen MR) is 48.5 cm³/mol. The highest BCUT2D eigenvalue weighted by Gasteiger charge is 2.00. The van der Waals surface area contributed by atoms with Crippen molar-refractivity contribution >= 4 is 0 Å². The summed E-state index contributed by atoms with van der Waals surface area (Å²) in [7, 11) is 1.58. The van der Waals surface area contributed by atoms with Gasteiger partial charge in [-0.25, -0.2) is 0 Å². The first kappa shape index (κ1) is 9.95. The Morgan fingerprint density at radius 1 is 1.54 bits per heavy atom. The molecule has 1 aromatic rings. The van der Waals surface area contributed by atoms with Gasteiger partial charge in [0.1, 0.15) is 0 Å². The second-order valence-corrected chi connectivity index (χ2v) is 2.66. The number of aliphatic hydroxyl groups is 1. The lowest BCUT2D eigenvalue weighted by atomic mass is 10.3. The molecule has 4 nitrogen and oxygen atoms in total. The molecular weight excluding hydrogens is 170 g/mol. The maximum absolute atomic E-state index is 11.3. The molecule has 0 fully saturated rings. The van der Waals surface area contributed by atoms with Gasteiger partial charge in [-0.05, 0) is 6.07 Å². The van der Waals surface area contributed by atoms with Crippen LogP contribution in [0.2, 0.25) is 0 Å². The Kier molecular flexibility index (Phi) is 3.67. The normalized spacial score (nSPS) is 10.3. The molecule has 0 unspecified atom stereocenters. The van der Waals surface area contributed by atoms with Gasteiger partial charge in [0.15, 0.2) is 0 Å². The van der Waals surface area contributed by atoms with Crippen LogP contribution in [0, 0.1) is 0 Å². The Morgan fingerprint density at radius 2 is 2.31 bits per heavy atom. The van der Waals surface area contributed by atoms with Crippen molar-refractivity contribution in [2.75, 3.05) is 13.7 Å². The molecule has 0 saturated heterocycles. The molecule has 1 N–H and O–H groups in total. The zero-order chi connectivity index (χ0) is 9.68. The fourth-order valence-corrected chi connectivity index (χ4v) is 1.14. The van der Waals surface area contributed by atoms with E-state index >= 15 is 0 Å². The third-order valence-corrected chi connectivity index (χ3v) is 1.82. The van der Waals surface area contributed by atoms with Crippen LogP contribution in [0.25, 0.3) is 0 Å². The van der Waals surface area contributed by atoms with Crippen molar-refractivity contribution in [1.29, 1.82) is 0 Å². The minimum Gasteiger partial charge on any atom is -0.390 e. The van der Waals surface area contributed by atoms with Crippen molar-refractivity contribution in [3.05, 3.63) is 34.2 Å². The number of hydrogen-bond acceptors (Lipinski definition) is 3. The summed E-state index contributed by atoms with van der Waals surface area (Å²) in [6, 6.07) is 4.82. The summed E-state index contributed by atoms with van der Waals surface area (Å²) in [5, 5.41) is 8.94. The molecule has 0 aliphatic carbocycles. The second kappa shape index (κ2) is 4.79. The molecule has 0 spiro atoms. The smallest absolute Gasteiger partial charge is 0.250 e.